The molecule has 1 heterocycles. The van der Waals surface area contributed by atoms with E-state index in [0.29, 0.717) is 13.0 Å². The van der Waals surface area contributed by atoms with Gasteiger partial charge >= 0.3 is 0 Å². The monoisotopic (exact) mass is 457 g/mol. The number of hydrogen-bond donors (Lipinski definition) is 3. The molecule has 0 aliphatic heterocycles. The fourth-order valence-corrected chi connectivity index (χ4v) is 6.28. The first-order valence-corrected chi connectivity index (χ1v) is 12.6. The second kappa shape index (κ2) is 10.1. The molecule has 0 bridgehead atoms. The SMILES string of the molecule is C[C@H]1[C@@H]2[C@@H](O)C([C@H](C)C(=O)NCc3cccnc3)CC[C@@]2(C)CC[C@@H]1NC(=O)CC(C)(C)C. The van der Waals surface area contributed by atoms with Crippen LogP contribution in [0.2, 0.25) is 0 Å². The highest BCUT2D eigenvalue weighted by atomic mass is 16.3. The van der Waals surface area contributed by atoms with Gasteiger partial charge in [0.05, 0.1) is 6.10 Å². The van der Waals surface area contributed by atoms with Gasteiger partial charge in [-0.3, -0.25) is 14.6 Å². The first kappa shape index (κ1) is 25.7. The van der Waals surface area contributed by atoms with Crippen LogP contribution in [-0.2, 0) is 16.1 Å². The van der Waals surface area contributed by atoms with Crippen LogP contribution >= 0.6 is 0 Å². The molecule has 2 aliphatic rings. The zero-order valence-corrected chi connectivity index (χ0v) is 21.2. The summed E-state index contributed by atoms with van der Waals surface area (Å²) in [6.07, 6.45) is 7.21. The number of nitrogens with one attached hydrogen (secondary N) is 2. The summed E-state index contributed by atoms with van der Waals surface area (Å²) in [5, 5.41) is 17.8. The molecule has 2 saturated carbocycles. The average molecular weight is 458 g/mol. The molecular formula is C27H43N3O3. The van der Waals surface area contributed by atoms with Gasteiger partial charge in [0.25, 0.3) is 0 Å². The highest BCUT2D eigenvalue weighted by Crippen LogP contribution is 2.55. The van der Waals surface area contributed by atoms with Gasteiger partial charge in [0.15, 0.2) is 0 Å². The molecule has 33 heavy (non-hydrogen) atoms. The minimum Gasteiger partial charge on any atom is -0.392 e. The molecule has 3 N–H and O–H groups in total. The maximum absolute atomic E-state index is 12.9. The van der Waals surface area contributed by atoms with Crippen LogP contribution in [0.25, 0.3) is 0 Å². The molecule has 1 aromatic heterocycles. The number of amides is 2. The fraction of sp³-hybridized carbons (Fsp3) is 0.741. The van der Waals surface area contributed by atoms with E-state index in [-0.39, 0.29) is 52.4 Å². The first-order chi connectivity index (χ1) is 15.4. The van der Waals surface area contributed by atoms with E-state index in [9.17, 15) is 14.7 Å². The van der Waals surface area contributed by atoms with Crippen molar-refractivity contribution >= 4 is 11.8 Å². The third-order valence-electron chi connectivity index (χ3n) is 8.17. The maximum Gasteiger partial charge on any atom is 0.223 e. The van der Waals surface area contributed by atoms with Gasteiger partial charge in [0, 0.05) is 37.3 Å². The number of carbonyl (C=O) groups excluding carboxylic acids is 2. The van der Waals surface area contributed by atoms with Gasteiger partial charge < -0.3 is 15.7 Å². The van der Waals surface area contributed by atoms with Gasteiger partial charge in [-0.05, 0) is 65.9 Å². The molecule has 6 heteroatoms. The molecule has 184 valence electrons. The van der Waals surface area contributed by atoms with E-state index >= 15 is 0 Å². The van der Waals surface area contributed by atoms with Crippen molar-refractivity contribution in [3.63, 3.8) is 0 Å². The number of pyridine rings is 1. The van der Waals surface area contributed by atoms with E-state index < -0.39 is 6.10 Å². The summed E-state index contributed by atoms with van der Waals surface area (Å²) in [4.78, 5) is 29.6. The lowest BCUT2D eigenvalue weighted by atomic mass is 9.51. The molecule has 0 saturated heterocycles. The smallest absolute Gasteiger partial charge is 0.223 e. The van der Waals surface area contributed by atoms with Gasteiger partial charge in [-0.25, -0.2) is 0 Å². The fourth-order valence-electron chi connectivity index (χ4n) is 6.28. The molecule has 1 unspecified atom stereocenters. The summed E-state index contributed by atoms with van der Waals surface area (Å²) in [6.45, 7) is 13.1. The van der Waals surface area contributed by atoms with Crippen LogP contribution in [0.5, 0.6) is 0 Å². The van der Waals surface area contributed by atoms with Crippen molar-refractivity contribution in [3.05, 3.63) is 30.1 Å². The lowest BCUT2D eigenvalue weighted by Gasteiger charge is -2.56. The van der Waals surface area contributed by atoms with E-state index in [0.717, 1.165) is 31.2 Å². The van der Waals surface area contributed by atoms with Crippen molar-refractivity contribution in [3.8, 4) is 0 Å². The first-order valence-electron chi connectivity index (χ1n) is 12.6. The molecule has 0 aromatic carbocycles. The molecule has 0 radical (unpaired) electrons. The van der Waals surface area contributed by atoms with Crippen LogP contribution < -0.4 is 10.6 Å². The minimum atomic E-state index is -0.555. The van der Waals surface area contributed by atoms with Gasteiger partial charge in [0.1, 0.15) is 0 Å². The lowest BCUT2D eigenvalue weighted by Crippen LogP contribution is -2.58. The topological polar surface area (TPSA) is 91.3 Å². The van der Waals surface area contributed by atoms with Gasteiger partial charge in [0.2, 0.25) is 11.8 Å². The van der Waals surface area contributed by atoms with E-state index in [1.165, 1.54) is 0 Å². The molecule has 2 aliphatic carbocycles. The number of nitrogens with zero attached hydrogens (tertiary/aromatic N) is 1. The Bertz CT molecular complexity index is 822. The predicted octanol–water partition coefficient (Wildman–Crippen LogP) is 4.08. The van der Waals surface area contributed by atoms with Crippen LogP contribution in [0, 0.1) is 34.5 Å². The predicted molar refractivity (Wildman–Crippen MR) is 130 cm³/mol. The number of carbonyl (C=O) groups is 2. The van der Waals surface area contributed by atoms with E-state index in [2.05, 4.69) is 50.2 Å². The number of aliphatic hydroxyl groups is 1. The Labute approximate surface area is 199 Å². The normalized spacial score (nSPS) is 33.0. The van der Waals surface area contributed by atoms with Gasteiger partial charge in [-0.15, -0.1) is 0 Å². The molecule has 2 amide bonds. The van der Waals surface area contributed by atoms with Gasteiger partial charge in [-0.2, -0.15) is 0 Å². The van der Waals surface area contributed by atoms with Crippen molar-refractivity contribution in [2.45, 2.75) is 92.3 Å². The van der Waals surface area contributed by atoms with Crippen LogP contribution in [0.3, 0.4) is 0 Å². The molecular weight excluding hydrogens is 414 g/mol. The Morgan fingerprint density at radius 2 is 1.97 bits per heavy atom. The van der Waals surface area contributed by atoms with Crippen LogP contribution in [0.4, 0.5) is 0 Å². The highest BCUT2D eigenvalue weighted by Gasteiger charge is 2.53. The Morgan fingerprint density at radius 1 is 1.27 bits per heavy atom. The van der Waals surface area contributed by atoms with Gasteiger partial charge in [-0.1, -0.05) is 47.6 Å². The summed E-state index contributed by atoms with van der Waals surface area (Å²) in [5.74, 6) is -0.0553. The summed E-state index contributed by atoms with van der Waals surface area (Å²) in [6, 6.07) is 3.87. The number of rotatable bonds is 6. The minimum absolute atomic E-state index is 0.0231. The Hall–Kier alpha value is -1.95. The van der Waals surface area contributed by atoms with Crippen LogP contribution in [0.15, 0.2) is 24.5 Å². The van der Waals surface area contributed by atoms with Crippen molar-refractivity contribution in [2.75, 3.05) is 0 Å². The van der Waals surface area contributed by atoms with Crippen molar-refractivity contribution in [1.82, 2.24) is 15.6 Å². The van der Waals surface area contributed by atoms with Crippen LogP contribution in [0.1, 0.15) is 79.2 Å². The third kappa shape index (κ3) is 6.14. The average Bonchev–Trinajstić information content (AvgIpc) is 2.73. The zero-order valence-electron chi connectivity index (χ0n) is 21.2. The van der Waals surface area contributed by atoms with E-state index in [1.54, 1.807) is 12.4 Å². The van der Waals surface area contributed by atoms with E-state index in [4.69, 9.17) is 0 Å². The standard InChI is InChI=1S/C27H43N3O3/c1-17(25(33)29-16-19-8-7-13-28-15-19)20-9-11-27(6)12-10-21(18(2)23(27)24(20)32)30-22(31)14-26(3,4)5/h7-8,13,15,17-18,20-21,23-24,32H,9-12,14,16H2,1-6H3,(H,29,33)(H,30,31)/t17-,18+,20?,21-,23+,24-,27-/m0/s1. The molecule has 0 spiro atoms. The quantitative estimate of drug-likeness (QED) is 0.600. The molecule has 3 rings (SSSR count). The number of aliphatic hydroxyl groups excluding tert-OH is 1. The van der Waals surface area contributed by atoms with Crippen LogP contribution in [-0.4, -0.2) is 34.1 Å². The van der Waals surface area contributed by atoms with Crippen molar-refractivity contribution in [1.29, 1.82) is 0 Å². The molecule has 6 nitrogen and oxygen atoms in total. The summed E-state index contributed by atoms with van der Waals surface area (Å²) >= 11 is 0. The van der Waals surface area contributed by atoms with Crippen molar-refractivity contribution in [2.24, 2.45) is 34.5 Å². The summed E-state index contributed by atoms with van der Waals surface area (Å²) < 4.78 is 0. The number of aromatic nitrogens is 1. The van der Waals surface area contributed by atoms with E-state index in [1.807, 2.05) is 19.1 Å². The second-order valence-corrected chi connectivity index (χ2v) is 12.0. The Kier molecular flexibility index (Phi) is 7.87. The molecule has 2 fully saturated rings. The molecule has 7 atom stereocenters. The second-order valence-electron chi connectivity index (χ2n) is 12.0. The number of fused-ring (bicyclic) bond motifs is 1. The summed E-state index contributed by atoms with van der Waals surface area (Å²) in [5.41, 5.74) is 0.960. The summed E-state index contributed by atoms with van der Waals surface area (Å²) in [7, 11) is 0. The van der Waals surface area contributed by atoms with Crippen molar-refractivity contribution < 1.29 is 14.7 Å². The Morgan fingerprint density at radius 3 is 2.61 bits per heavy atom. The zero-order chi connectivity index (χ0) is 24.4. The Balaban J connectivity index is 1.65. The third-order valence-corrected chi connectivity index (χ3v) is 8.17. The maximum atomic E-state index is 12.9. The largest absolute Gasteiger partial charge is 0.392 e. The lowest BCUT2D eigenvalue weighted by molar-refractivity contribution is -0.144. The molecule has 1 aromatic rings. The highest BCUT2D eigenvalue weighted by molar-refractivity contribution is 5.78. The number of hydrogen-bond acceptors (Lipinski definition) is 4.